The van der Waals surface area contributed by atoms with Crippen LogP contribution in [0.1, 0.15) is 29.8 Å². The van der Waals surface area contributed by atoms with Crippen LogP contribution in [0.5, 0.6) is 0 Å². The summed E-state index contributed by atoms with van der Waals surface area (Å²) in [6, 6.07) is 4.30. The third kappa shape index (κ3) is 4.71. The predicted molar refractivity (Wildman–Crippen MR) is 126 cm³/mol. The number of aliphatic imine (C=N–C) groups is 2. The van der Waals surface area contributed by atoms with Crippen LogP contribution in [0.4, 0.5) is 0 Å². The Kier molecular flexibility index (Phi) is 6.23. The van der Waals surface area contributed by atoms with E-state index in [4.69, 9.17) is 14.7 Å². The zero-order chi connectivity index (χ0) is 22.0. The van der Waals surface area contributed by atoms with Gasteiger partial charge in [0.15, 0.2) is 0 Å². The van der Waals surface area contributed by atoms with Gasteiger partial charge in [0.05, 0.1) is 30.8 Å². The van der Waals surface area contributed by atoms with Gasteiger partial charge >= 0.3 is 0 Å². The zero-order valence-corrected chi connectivity index (χ0v) is 18.8. The number of benzene rings is 1. The number of aromatic nitrogens is 2. The number of nitrogens with one attached hydrogen (secondary N) is 1. The second-order valence-electron chi connectivity index (χ2n) is 8.42. The number of hydrogen-bond acceptors (Lipinski definition) is 4. The molecule has 1 saturated carbocycles. The summed E-state index contributed by atoms with van der Waals surface area (Å²) < 4.78 is 5.48. The van der Waals surface area contributed by atoms with Gasteiger partial charge in [0, 0.05) is 20.1 Å². The number of allylic oxidation sites excluding steroid dienone is 2. The molecule has 1 aliphatic carbocycles. The number of rotatable bonds is 6. The molecule has 0 bridgehead atoms. The van der Waals surface area contributed by atoms with Crippen molar-refractivity contribution in [2.24, 2.45) is 15.9 Å². The highest BCUT2D eigenvalue weighted by atomic mass is 16.5. The number of guanidine groups is 1. The number of nitrogens with zero attached hydrogens (tertiary/aromatic N) is 5. The van der Waals surface area contributed by atoms with Crippen LogP contribution in [-0.2, 0) is 11.3 Å². The number of hydrogen-bond donors (Lipinski definition) is 1. The summed E-state index contributed by atoms with van der Waals surface area (Å²) in [5, 5.41) is 0. The van der Waals surface area contributed by atoms with Crippen molar-refractivity contribution >= 4 is 23.7 Å². The molecule has 1 N–H and O–H groups in total. The Balaban J connectivity index is 1.66. The van der Waals surface area contributed by atoms with E-state index in [1.807, 2.05) is 6.08 Å². The van der Waals surface area contributed by atoms with Crippen LogP contribution < -0.4 is 0 Å². The minimum atomic E-state index is 0.510. The first kappa shape index (κ1) is 21.3. The van der Waals surface area contributed by atoms with E-state index in [1.54, 1.807) is 0 Å². The molecular weight excluding hydrogens is 388 g/mol. The van der Waals surface area contributed by atoms with Crippen molar-refractivity contribution in [3.63, 3.8) is 0 Å². The summed E-state index contributed by atoms with van der Waals surface area (Å²) in [6.07, 6.45) is 4.29. The van der Waals surface area contributed by atoms with Crippen molar-refractivity contribution in [3.8, 4) is 0 Å². The van der Waals surface area contributed by atoms with Gasteiger partial charge in [-0.25, -0.2) is 9.98 Å². The fourth-order valence-electron chi connectivity index (χ4n) is 3.97. The summed E-state index contributed by atoms with van der Waals surface area (Å²) >= 11 is 0. The van der Waals surface area contributed by atoms with Gasteiger partial charge in [-0.05, 0) is 68.2 Å². The van der Waals surface area contributed by atoms with Crippen LogP contribution in [0.25, 0.3) is 11.0 Å². The second-order valence-corrected chi connectivity index (χ2v) is 8.42. The van der Waals surface area contributed by atoms with E-state index in [0.29, 0.717) is 31.6 Å². The molecule has 0 unspecified atom stereocenters. The molecule has 1 aliphatic heterocycles. The first-order chi connectivity index (χ1) is 15.0. The molecular formula is C24H32N6O. The first-order valence-electron chi connectivity index (χ1n) is 10.9. The monoisotopic (exact) mass is 420 g/mol. The lowest BCUT2D eigenvalue weighted by Crippen LogP contribution is -2.40. The predicted octanol–water partition coefficient (Wildman–Crippen LogP) is 3.81. The van der Waals surface area contributed by atoms with Crippen molar-refractivity contribution in [1.29, 1.82) is 0 Å². The molecule has 1 aromatic carbocycles. The first-order valence-corrected chi connectivity index (χ1v) is 10.9. The quantitative estimate of drug-likeness (QED) is 0.438. The van der Waals surface area contributed by atoms with Gasteiger partial charge in [-0.1, -0.05) is 12.7 Å². The molecule has 2 aliphatic rings. The van der Waals surface area contributed by atoms with Crippen molar-refractivity contribution in [1.82, 2.24) is 19.8 Å². The van der Waals surface area contributed by atoms with Gasteiger partial charge in [0.25, 0.3) is 0 Å². The van der Waals surface area contributed by atoms with Crippen LogP contribution in [-0.4, -0.2) is 65.8 Å². The minimum Gasteiger partial charge on any atom is -0.378 e. The van der Waals surface area contributed by atoms with Gasteiger partial charge in [0.2, 0.25) is 5.96 Å². The average Bonchev–Trinajstić information content (AvgIpc) is 3.53. The molecule has 1 saturated heterocycles. The second kappa shape index (κ2) is 9.06. The highest BCUT2D eigenvalue weighted by Crippen LogP contribution is 2.39. The van der Waals surface area contributed by atoms with Gasteiger partial charge in [-0.3, -0.25) is 0 Å². The summed E-state index contributed by atoms with van der Waals surface area (Å²) in [4.78, 5) is 21.8. The lowest BCUT2D eigenvalue weighted by Gasteiger charge is -2.29. The van der Waals surface area contributed by atoms with Crippen molar-refractivity contribution in [3.05, 3.63) is 53.1 Å². The van der Waals surface area contributed by atoms with Crippen molar-refractivity contribution < 1.29 is 4.74 Å². The smallest absolute Gasteiger partial charge is 0.226 e. The number of aromatic amines is 1. The van der Waals surface area contributed by atoms with Gasteiger partial charge in [-0.15, -0.1) is 0 Å². The van der Waals surface area contributed by atoms with Crippen LogP contribution in [0, 0.1) is 19.8 Å². The fraction of sp³-hybridized carbons (Fsp3) is 0.458. The SMILES string of the molecule is C=C/C(=C(/N=C(\N=C)N1CCOCC1)N(C)Cc1nc2cc(C)c(C)cc2[nH]1)C1CC1. The average molecular weight is 421 g/mol. The maximum atomic E-state index is 5.48. The molecule has 0 spiro atoms. The van der Waals surface area contributed by atoms with Crippen molar-refractivity contribution in [2.75, 3.05) is 33.4 Å². The molecule has 7 nitrogen and oxygen atoms in total. The largest absolute Gasteiger partial charge is 0.378 e. The summed E-state index contributed by atoms with van der Waals surface area (Å²) in [7, 11) is 2.05. The number of imidazole rings is 1. The third-order valence-electron chi connectivity index (χ3n) is 6.03. The highest BCUT2D eigenvalue weighted by Gasteiger charge is 2.29. The Bertz CT molecular complexity index is 1000. The number of fused-ring (bicyclic) bond motifs is 1. The lowest BCUT2D eigenvalue weighted by atomic mass is 10.1. The number of aryl methyl sites for hydroxylation is 2. The fourth-order valence-corrected chi connectivity index (χ4v) is 3.97. The lowest BCUT2D eigenvalue weighted by molar-refractivity contribution is 0.0675. The maximum absolute atomic E-state index is 5.48. The number of H-pyrrole nitrogens is 1. The third-order valence-corrected chi connectivity index (χ3v) is 6.03. The molecule has 4 rings (SSSR count). The Hall–Kier alpha value is -2.93. The number of ether oxygens (including phenoxy) is 1. The Labute approximate surface area is 184 Å². The van der Waals surface area contributed by atoms with E-state index in [1.165, 1.54) is 29.5 Å². The summed E-state index contributed by atoms with van der Waals surface area (Å²) in [6.45, 7) is 15.6. The molecule has 0 atom stereocenters. The summed E-state index contributed by atoms with van der Waals surface area (Å²) in [5.74, 6) is 2.95. The molecule has 2 fully saturated rings. The van der Waals surface area contributed by atoms with E-state index in [0.717, 1.165) is 35.8 Å². The summed E-state index contributed by atoms with van der Waals surface area (Å²) in [5.41, 5.74) is 5.73. The van der Waals surface area contributed by atoms with Gasteiger partial charge in [0.1, 0.15) is 11.6 Å². The molecule has 164 valence electrons. The standard InChI is InChI=1S/C24H32N6O/c1-6-19(18-7-8-18)23(28-24(25-4)30-9-11-31-12-10-30)29(5)15-22-26-20-13-16(2)17(3)14-21(20)27-22/h6,13-14,18H,1,4,7-12,15H2,2-3,5H3,(H,26,27)/b23-19+,28-24+. The van der Waals surface area contributed by atoms with Crippen LogP contribution in [0.3, 0.4) is 0 Å². The highest BCUT2D eigenvalue weighted by molar-refractivity contribution is 5.85. The molecule has 1 aromatic heterocycles. The van der Waals surface area contributed by atoms with Crippen molar-refractivity contribution in [2.45, 2.75) is 33.2 Å². The van der Waals surface area contributed by atoms with E-state index in [9.17, 15) is 0 Å². The van der Waals surface area contributed by atoms with Crippen LogP contribution in [0.15, 0.2) is 46.2 Å². The zero-order valence-electron chi connectivity index (χ0n) is 18.8. The van der Waals surface area contributed by atoms with E-state index in [-0.39, 0.29) is 0 Å². The van der Waals surface area contributed by atoms with Crippen LogP contribution >= 0.6 is 0 Å². The van der Waals surface area contributed by atoms with E-state index in [2.05, 4.69) is 66.1 Å². The minimum absolute atomic E-state index is 0.510. The molecule has 31 heavy (non-hydrogen) atoms. The number of morpholine rings is 1. The van der Waals surface area contributed by atoms with E-state index >= 15 is 0 Å². The Morgan fingerprint density at radius 1 is 1.29 bits per heavy atom. The molecule has 0 radical (unpaired) electrons. The van der Waals surface area contributed by atoms with Crippen LogP contribution in [0.2, 0.25) is 0 Å². The Morgan fingerprint density at radius 2 is 2.00 bits per heavy atom. The Morgan fingerprint density at radius 3 is 2.65 bits per heavy atom. The van der Waals surface area contributed by atoms with Gasteiger partial charge < -0.3 is 19.5 Å². The molecule has 7 heteroatoms. The molecule has 2 aromatic rings. The van der Waals surface area contributed by atoms with Gasteiger partial charge in [-0.2, -0.15) is 4.99 Å². The van der Waals surface area contributed by atoms with E-state index < -0.39 is 0 Å². The maximum Gasteiger partial charge on any atom is 0.226 e. The normalized spacial score (nSPS) is 18.2. The topological polar surface area (TPSA) is 69.1 Å². The molecule has 2 heterocycles. The molecule has 0 amide bonds.